The number of hydrogen-bond donors (Lipinski definition) is 1. The van der Waals surface area contributed by atoms with Crippen LogP contribution < -0.4 is 19.9 Å². The first-order valence-corrected chi connectivity index (χ1v) is 8.03. The molecule has 1 aromatic rings. The van der Waals surface area contributed by atoms with Crippen LogP contribution in [0.1, 0.15) is 39.7 Å². The quantitative estimate of drug-likeness (QED) is 0.767. The van der Waals surface area contributed by atoms with Crippen molar-refractivity contribution in [3.05, 3.63) is 23.8 Å². The first-order valence-electron chi connectivity index (χ1n) is 8.03. The molecule has 0 heterocycles. The molecule has 0 saturated carbocycles. The molecule has 0 aliphatic carbocycles. The van der Waals surface area contributed by atoms with E-state index in [0.29, 0.717) is 17.1 Å². The highest BCUT2D eigenvalue weighted by atomic mass is 16.6. The lowest BCUT2D eigenvalue weighted by Crippen LogP contribution is -2.49. The van der Waals surface area contributed by atoms with Gasteiger partial charge in [-0.1, -0.05) is 13.8 Å². The molecule has 0 unspecified atom stereocenters. The van der Waals surface area contributed by atoms with E-state index in [0.717, 1.165) is 0 Å². The van der Waals surface area contributed by atoms with Gasteiger partial charge in [0, 0.05) is 11.6 Å². The number of carboxylic acids is 1. The highest BCUT2D eigenvalue weighted by molar-refractivity contribution is 5.78. The molecular formula is C18H26NO6-. The van der Waals surface area contributed by atoms with Crippen molar-refractivity contribution in [1.82, 2.24) is 5.32 Å². The Morgan fingerprint density at radius 2 is 1.64 bits per heavy atom. The van der Waals surface area contributed by atoms with E-state index in [1.807, 2.05) is 13.8 Å². The molecule has 0 saturated heterocycles. The summed E-state index contributed by atoms with van der Waals surface area (Å²) in [4.78, 5) is 23.3. The van der Waals surface area contributed by atoms with Crippen LogP contribution >= 0.6 is 0 Å². The molecule has 140 valence electrons. The highest BCUT2D eigenvalue weighted by Gasteiger charge is 2.28. The molecule has 0 aliphatic heterocycles. The monoisotopic (exact) mass is 352 g/mol. The highest BCUT2D eigenvalue weighted by Crippen LogP contribution is 2.32. The molecule has 1 rings (SSSR count). The predicted molar refractivity (Wildman–Crippen MR) is 90.4 cm³/mol. The van der Waals surface area contributed by atoms with Gasteiger partial charge in [0.2, 0.25) is 0 Å². The van der Waals surface area contributed by atoms with Crippen LogP contribution in [0.2, 0.25) is 0 Å². The second kappa shape index (κ2) is 8.60. The molecule has 0 bridgehead atoms. The predicted octanol–water partition coefficient (Wildman–Crippen LogP) is 1.83. The molecule has 25 heavy (non-hydrogen) atoms. The molecule has 0 fully saturated rings. The lowest BCUT2D eigenvalue weighted by Gasteiger charge is -2.28. The van der Waals surface area contributed by atoms with Gasteiger partial charge in [0.1, 0.15) is 17.1 Å². The summed E-state index contributed by atoms with van der Waals surface area (Å²) < 4.78 is 15.9. The topological polar surface area (TPSA) is 96.9 Å². The van der Waals surface area contributed by atoms with Gasteiger partial charge in [-0.25, -0.2) is 4.79 Å². The zero-order chi connectivity index (χ0) is 19.2. The number of aliphatic carboxylic acids is 1. The average molecular weight is 352 g/mol. The van der Waals surface area contributed by atoms with Gasteiger partial charge >= 0.3 is 6.09 Å². The maximum Gasteiger partial charge on any atom is 0.408 e. The fourth-order valence-corrected chi connectivity index (χ4v) is 2.30. The summed E-state index contributed by atoms with van der Waals surface area (Å²) in [7, 11) is 3.05. The van der Waals surface area contributed by atoms with Crippen LogP contribution in [0, 0.1) is 5.92 Å². The molecule has 0 aliphatic rings. The van der Waals surface area contributed by atoms with Crippen molar-refractivity contribution < 1.29 is 28.9 Å². The largest absolute Gasteiger partial charge is 0.548 e. The number of carbonyl (C=O) groups is 2. The Morgan fingerprint density at radius 1 is 1.12 bits per heavy atom. The van der Waals surface area contributed by atoms with Crippen molar-refractivity contribution in [2.45, 2.75) is 45.8 Å². The van der Waals surface area contributed by atoms with Crippen LogP contribution in [0.15, 0.2) is 18.2 Å². The van der Waals surface area contributed by atoms with Crippen molar-refractivity contribution >= 4 is 12.1 Å². The standard InChI is InChI=1S/C18H27NO6/c1-11(2)7-15(16(20)21)19-17(22)25-18(3,4)12-8-13(23-5)10-14(9-12)24-6/h8-11,15H,7H2,1-6H3,(H,19,22)(H,20,21)/p-1/t15-/m0/s1. The van der Waals surface area contributed by atoms with Gasteiger partial charge in [-0.15, -0.1) is 0 Å². The average Bonchev–Trinajstić information content (AvgIpc) is 2.52. The van der Waals surface area contributed by atoms with Crippen molar-refractivity contribution in [2.75, 3.05) is 14.2 Å². The number of rotatable bonds is 8. The van der Waals surface area contributed by atoms with Crippen LogP contribution in [-0.2, 0) is 15.1 Å². The zero-order valence-electron chi connectivity index (χ0n) is 15.5. The number of hydrogen-bond acceptors (Lipinski definition) is 6. The Labute approximate surface area is 148 Å². The van der Waals surface area contributed by atoms with E-state index in [1.165, 1.54) is 14.2 Å². The number of nitrogens with one attached hydrogen (secondary N) is 1. The first-order chi connectivity index (χ1) is 11.6. The summed E-state index contributed by atoms with van der Waals surface area (Å²) >= 11 is 0. The minimum Gasteiger partial charge on any atom is -0.548 e. The summed E-state index contributed by atoms with van der Waals surface area (Å²) in [6.07, 6.45) is -0.577. The van der Waals surface area contributed by atoms with E-state index in [9.17, 15) is 14.7 Å². The molecule has 1 amide bonds. The molecule has 7 nitrogen and oxygen atoms in total. The van der Waals surface area contributed by atoms with Crippen LogP contribution in [0.4, 0.5) is 4.79 Å². The van der Waals surface area contributed by atoms with Crippen molar-refractivity contribution in [2.24, 2.45) is 5.92 Å². The maximum atomic E-state index is 12.2. The molecule has 7 heteroatoms. The van der Waals surface area contributed by atoms with Crippen LogP contribution in [0.3, 0.4) is 0 Å². The molecular weight excluding hydrogens is 326 g/mol. The van der Waals surface area contributed by atoms with E-state index in [2.05, 4.69) is 5.32 Å². The SMILES string of the molecule is COc1cc(OC)cc(C(C)(C)OC(=O)N[C@@H](CC(C)C)C(=O)[O-])c1. The molecule has 1 aromatic carbocycles. The summed E-state index contributed by atoms with van der Waals surface area (Å²) in [6.45, 7) is 7.10. The second-order valence-corrected chi connectivity index (χ2v) is 6.65. The molecule has 1 atom stereocenters. The zero-order valence-corrected chi connectivity index (χ0v) is 15.5. The van der Waals surface area contributed by atoms with Crippen molar-refractivity contribution in [3.8, 4) is 11.5 Å². The van der Waals surface area contributed by atoms with Crippen LogP contribution in [-0.4, -0.2) is 32.3 Å². The maximum absolute atomic E-state index is 12.2. The van der Waals surface area contributed by atoms with E-state index >= 15 is 0 Å². The van der Waals surface area contributed by atoms with E-state index in [1.54, 1.807) is 32.0 Å². The fourth-order valence-electron chi connectivity index (χ4n) is 2.30. The normalized spacial score (nSPS) is 12.4. The van der Waals surface area contributed by atoms with Crippen molar-refractivity contribution in [1.29, 1.82) is 0 Å². The summed E-state index contributed by atoms with van der Waals surface area (Å²) in [5.41, 5.74) is -0.382. The number of alkyl carbamates (subject to hydrolysis) is 1. The van der Waals surface area contributed by atoms with Gasteiger partial charge in [-0.05, 0) is 38.3 Å². The Hall–Kier alpha value is -2.44. The molecule has 0 aromatic heterocycles. The van der Waals surface area contributed by atoms with E-state index in [4.69, 9.17) is 14.2 Å². The Morgan fingerprint density at radius 3 is 2.04 bits per heavy atom. The van der Waals surface area contributed by atoms with Crippen LogP contribution in [0.5, 0.6) is 11.5 Å². The van der Waals surface area contributed by atoms with Crippen LogP contribution in [0.25, 0.3) is 0 Å². The number of ether oxygens (including phenoxy) is 3. The number of amides is 1. The number of carboxylic acid groups (broad SMARTS) is 1. The van der Waals surface area contributed by atoms with Gasteiger partial charge in [-0.3, -0.25) is 0 Å². The molecule has 1 N–H and O–H groups in total. The Bertz CT molecular complexity index is 589. The molecule has 0 spiro atoms. The smallest absolute Gasteiger partial charge is 0.408 e. The van der Waals surface area contributed by atoms with Gasteiger partial charge < -0.3 is 29.4 Å². The minimum atomic E-state index is -1.34. The third-order valence-electron chi connectivity index (χ3n) is 3.68. The van der Waals surface area contributed by atoms with Gasteiger partial charge in [0.25, 0.3) is 0 Å². The van der Waals surface area contributed by atoms with E-state index in [-0.39, 0.29) is 12.3 Å². The van der Waals surface area contributed by atoms with Gasteiger partial charge in [-0.2, -0.15) is 0 Å². The summed E-state index contributed by atoms with van der Waals surface area (Å²) in [5, 5.41) is 13.5. The Kier molecular flexibility index (Phi) is 7.09. The van der Waals surface area contributed by atoms with Gasteiger partial charge in [0.15, 0.2) is 0 Å². The number of carbonyl (C=O) groups excluding carboxylic acids is 2. The number of benzene rings is 1. The second-order valence-electron chi connectivity index (χ2n) is 6.65. The third kappa shape index (κ3) is 6.17. The van der Waals surface area contributed by atoms with Crippen molar-refractivity contribution in [3.63, 3.8) is 0 Å². The Balaban J connectivity index is 2.92. The fraction of sp³-hybridized carbons (Fsp3) is 0.556. The van der Waals surface area contributed by atoms with Gasteiger partial charge in [0.05, 0.1) is 26.2 Å². The third-order valence-corrected chi connectivity index (χ3v) is 3.68. The minimum absolute atomic E-state index is 0.0823. The molecule has 0 radical (unpaired) electrons. The summed E-state index contributed by atoms with van der Waals surface area (Å²) in [5.74, 6) is -0.150. The first kappa shape index (κ1) is 20.6. The lowest BCUT2D eigenvalue weighted by atomic mass is 9.97. The number of methoxy groups -OCH3 is 2. The lowest BCUT2D eigenvalue weighted by molar-refractivity contribution is -0.308. The summed E-state index contributed by atoms with van der Waals surface area (Å²) in [6, 6.07) is 4.04. The van der Waals surface area contributed by atoms with E-state index < -0.39 is 23.7 Å².